The standard InChI is InChI=1S/C20H28N4O5/c1-13(21-3)20(28)24-10-4-5-17(24)19(27)22-11-18(26)23-16-8-6-15(7-9-16)12-29-14(2)25/h6-9,13,17,21H,4-5,10-12H2,1-3H3,(H,22,27)(H,23,26)/t13-,17+/m1/s1. The Hall–Kier alpha value is -2.94. The molecule has 1 aromatic carbocycles. The molecule has 2 rings (SSSR count). The van der Waals surface area contributed by atoms with Crippen molar-refractivity contribution in [2.45, 2.75) is 45.4 Å². The maximum atomic E-state index is 12.5. The van der Waals surface area contributed by atoms with Crippen LogP contribution in [0, 0.1) is 0 Å². The van der Waals surface area contributed by atoms with Gasteiger partial charge in [0.15, 0.2) is 0 Å². The molecule has 0 spiro atoms. The zero-order chi connectivity index (χ0) is 21.4. The van der Waals surface area contributed by atoms with E-state index in [-0.39, 0.29) is 42.9 Å². The van der Waals surface area contributed by atoms with Crippen molar-refractivity contribution in [1.29, 1.82) is 0 Å². The molecule has 0 bridgehead atoms. The van der Waals surface area contributed by atoms with Crippen molar-refractivity contribution in [3.05, 3.63) is 29.8 Å². The van der Waals surface area contributed by atoms with Gasteiger partial charge in [-0.2, -0.15) is 0 Å². The Bertz CT molecular complexity index is 750. The van der Waals surface area contributed by atoms with E-state index in [4.69, 9.17) is 4.74 Å². The monoisotopic (exact) mass is 404 g/mol. The summed E-state index contributed by atoms with van der Waals surface area (Å²) in [6.45, 7) is 3.61. The van der Waals surface area contributed by atoms with Crippen molar-refractivity contribution in [1.82, 2.24) is 15.5 Å². The summed E-state index contributed by atoms with van der Waals surface area (Å²) in [5.41, 5.74) is 1.37. The molecule has 1 saturated heterocycles. The van der Waals surface area contributed by atoms with Crippen molar-refractivity contribution in [2.75, 3.05) is 25.5 Å². The molecule has 1 fully saturated rings. The van der Waals surface area contributed by atoms with Gasteiger partial charge < -0.3 is 25.6 Å². The number of likely N-dealkylation sites (tertiary alicyclic amines) is 1. The van der Waals surface area contributed by atoms with Crippen LogP contribution in [0.25, 0.3) is 0 Å². The van der Waals surface area contributed by atoms with Crippen LogP contribution in [0.5, 0.6) is 0 Å². The summed E-state index contributed by atoms with van der Waals surface area (Å²) in [6.07, 6.45) is 1.34. The number of nitrogens with one attached hydrogen (secondary N) is 3. The highest BCUT2D eigenvalue weighted by Crippen LogP contribution is 2.18. The maximum Gasteiger partial charge on any atom is 0.302 e. The van der Waals surface area contributed by atoms with Crippen LogP contribution in [0.3, 0.4) is 0 Å². The van der Waals surface area contributed by atoms with Gasteiger partial charge in [0, 0.05) is 19.2 Å². The van der Waals surface area contributed by atoms with Gasteiger partial charge in [0.05, 0.1) is 12.6 Å². The van der Waals surface area contributed by atoms with E-state index in [1.54, 1.807) is 43.1 Å². The van der Waals surface area contributed by atoms with Gasteiger partial charge in [-0.05, 0) is 44.5 Å². The predicted molar refractivity (Wildman–Crippen MR) is 107 cm³/mol. The van der Waals surface area contributed by atoms with Gasteiger partial charge in [-0.15, -0.1) is 0 Å². The zero-order valence-corrected chi connectivity index (χ0v) is 17.0. The molecule has 29 heavy (non-hydrogen) atoms. The van der Waals surface area contributed by atoms with Crippen LogP contribution >= 0.6 is 0 Å². The fourth-order valence-electron chi connectivity index (χ4n) is 3.03. The number of hydrogen-bond donors (Lipinski definition) is 3. The molecule has 0 radical (unpaired) electrons. The Morgan fingerprint density at radius 1 is 1.21 bits per heavy atom. The summed E-state index contributed by atoms with van der Waals surface area (Å²) in [6, 6.07) is 5.94. The van der Waals surface area contributed by atoms with Crippen molar-refractivity contribution < 1.29 is 23.9 Å². The molecule has 1 aliphatic heterocycles. The second-order valence-corrected chi connectivity index (χ2v) is 6.94. The van der Waals surface area contributed by atoms with Gasteiger partial charge in [-0.3, -0.25) is 19.2 Å². The van der Waals surface area contributed by atoms with E-state index in [0.29, 0.717) is 18.7 Å². The molecule has 0 aromatic heterocycles. The second-order valence-electron chi connectivity index (χ2n) is 6.94. The van der Waals surface area contributed by atoms with Crippen molar-refractivity contribution in [3.63, 3.8) is 0 Å². The number of benzene rings is 1. The first-order valence-electron chi connectivity index (χ1n) is 9.59. The summed E-state index contributed by atoms with van der Waals surface area (Å²) in [4.78, 5) is 49.3. The number of carbonyl (C=O) groups excluding carboxylic acids is 4. The summed E-state index contributed by atoms with van der Waals surface area (Å²) < 4.78 is 4.90. The van der Waals surface area contributed by atoms with Gasteiger partial charge in [-0.25, -0.2) is 0 Å². The molecule has 0 saturated carbocycles. The van der Waals surface area contributed by atoms with E-state index >= 15 is 0 Å². The fourth-order valence-corrected chi connectivity index (χ4v) is 3.03. The lowest BCUT2D eigenvalue weighted by Gasteiger charge is -2.26. The molecule has 2 atom stereocenters. The molecule has 158 valence electrons. The normalized spacial score (nSPS) is 16.8. The molecule has 9 heteroatoms. The molecule has 3 N–H and O–H groups in total. The number of rotatable bonds is 8. The lowest BCUT2D eigenvalue weighted by molar-refractivity contribution is -0.142. The van der Waals surface area contributed by atoms with E-state index in [0.717, 1.165) is 12.0 Å². The van der Waals surface area contributed by atoms with Gasteiger partial charge in [0.2, 0.25) is 17.7 Å². The molecule has 1 aliphatic rings. The topological polar surface area (TPSA) is 117 Å². The lowest BCUT2D eigenvalue weighted by Crippen LogP contribution is -2.51. The SMILES string of the molecule is CN[C@H](C)C(=O)N1CCC[C@H]1C(=O)NCC(=O)Nc1ccc(COC(C)=O)cc1. The van der Waals surface area contributed by atoms with Gasteiger partial charge in [-0.1, -0.05) is 12.1 Å². The van der Waals surface area contributed by atoms with E-state index in [1.807, 2.05) is 0 Å². The average Bonchev–Trinajstić information content (AvgIpc) is 3.20. The van der Waals surface area contributed by atoms with Crippen LogP contribution in [-0.4, -0.2) is 60.8 Å². The highest BCUT2D eigenvalue weighted by molar-refractivity contribution is 5.96. The summed E-state index contributed by atoms with van der Waals surface area (Å²) in [5.74, 6) is -1.18. The predicted octanol–water partition coefficient (Wildman–Crippen LogP) is 0.403. The van der Waals surface area contributed by atoms with E-state index in [2.05, 4.69) is 16.0 Å². The Labute approximate surface area is 170 Å². The molecule has 9 nitrogen and oxygen atoms in total. The van der Waals surface area contributed by atoms with E-state index < -0.39 is 6.04 Å². The van der Waals surface area contributed by atoms with Crippen LogP contribution in [0.4, 0.5) is 5.69 Å². The largest absolute Gasteiger partial charge is 0.461 e. The molecule has 1 aromatic rings. The first-order valence-corrected chi connectivity index (χ1v) is 9.59. The average molecular weight is 404 g/mol. The van der Waals surface area contributed by atoms with E-state index in [1.165, 1.54) is 6.92 Å². The molecule has 0 aliphatic carbocycles. The first kappa shape index (κ1) is 22.4. The Kier molecular flexibility index (Phi) is 8.14. The minimum absolute atomic E-state index is 0.122. The van der Waals surface area contributed by atoms with Crippen molar-refractivity contribution >= 4 is 29.4 Å². The van der Waals surface area contributed by atoms with Gasteiger partial charge in [0.1, 0.15) is 12.6 Å². The van der Waals surface area contributed by atoms with Crippen LogP contribution in [0.1, 0.15) is 32.3 Å². The van der Waals surface area contributed by atoms with Gasteiger partial charge >= 0.3 is 5.97 Å². The highest BCUT2D eigenvalue weighted by Gasteiger charge is 2.35. The number of ether oxygens (including phenoxy) is 1. The summed E-state index contributed by atoms with van der Waals surface area (Å²) in [7, 11) is 1.70. The fraction of sp³-hybridized carbons (Fsp3) is 0.500. The third kappa shape index (κ3) is 6.56. The van der Waals surface area contributed by atoms with Crippen LogP contribution in [-0.2, 0) is 30.5 Å². The zero-order valence-electron chi connectivity index (χ0n) is 17.0. The third-order valence-corrected chi connectivity index (χ3v) is 4.74. The minimum atomic E-state index is -0.549. The van der Waals surface area contributed by atoms with Crippen molar-refractivity contribution in [3.8, 4) is 0 Å². The lowest BCUT2D eigenvalue weighted by atomic mass is 10.2. The Balaban J connectivity index is 1.81. The molecular formula is C20H28N4O5. The molecular weight excluding hydrogens is 376 g/mol. The number of likely N-dealkylation sites (N-methyl/N-ethyl adjacent to an activating group) is 1. The van der Waals surface area contributed by atoms with Crippen LogP contribution in [0.2, 0.25) is 0 Å². The molecule has 0 unspecified atom stereocenters. The first-order chi connectivity index (χ1) is 13.8. The number of nitrogens with zero attached hydrogens (tertiary/aromatic N) is 1. The van der Waals surface area contributed by atoms with Gasteiger partial charge in [0.25, 0.3) is 0 Å². The third-order valence-electron chi connectivity index (χ3n) is 4.74. The minimum Gasteiger partial charge on any atom is -0.461 e. The Morgan fingerprint density at radius 3 is 2.52 bits per heavy atom. The summed E-state index contributed by atoms with van der Waals surface area (Å²) in [5, 5.41) is 8.18. The smallest absolute Gasteiger partial charge is 0.302 e. The van der Waals surface area contributed by atoms with Crippen molar-refractivity contribution in [2.24, 2.45) is 0 Å². The number of hydrogen-bond acceptors (Lipinski definition) is 6. The number of anilines is 1. The summed E-state index contributed by atoms with van der Waals surface area (Å²) >= 11 is 0. The Morgan fingerprint density at radius 2 is 1.90 bits per heavy atom. The van der Waals surface area contributed by atoms with Crippen LogP contribution < -0.4 is 16.0 Å². The van der Waals surface area contributed by atoms with E-state index in [9.17, 15) is 19.2 Å². The second kappa shape index (κ2) is 10.6. The maximum absolute atomic E-state index is 12.5. The highest BCUT2D eigenvalue weighted by atomic mass is 16.5. The number of amides is 3. The number of esters is 1. The molecule has 3 amide bonds. The quantitative estimate of drug-likeness (QED) is 0.540. The number of carbonyl (C=O) groups is 4. The van der Waals surface area contributed by atoms with Crippen LogP contribution in [0.15, 0.2) is 24.3 Å². The molecule has 1 heterocycles.